The average Bonchev–Trinajstić information content (AvgIpc) is 2.91. The molecule has 1 heterocycles. The lowest BCUT2D eigenvalue weighted by molar-refractivity contribution is -0.134. The first-order valence-electron chi connectivity index (χ1n) is 12.3. The Kier molecular flexibility index (Phi) is 10.5. The van der Waals surface area contributed by atoms with Gasteiger partial charge in [-0.1, -0.05) is 48.5 Å². The Morgan fingerprint density at radius 3 is 2.30 bits per heavy atom. The quantitative estimate of drug-likeness (QED) is 0.228. The van der Waals surface area contributed by atoms with Gasteiger partial charge in [-0.3, -0.25) is 19.4 Å². The monoisotopic (exact) mass is 505 g/mol. The van der Waals surface area contributed by atoms with E-state index in [-0.39, 0.29) is 25.4 Å². The largest absolute Gasteiger partial charge is 0.343 e. The van der Waals surface area contributed by atoms with Crippen molar-refractivity contribution in [3.63, 3.8) is 0 Å². The molecule has 1 aromatic heterocycles. The van der Waals surface area contributed by atoms with Gasteiger partial charge < -0.3 is 32.7 Å². The second kappa shape index (κ2) is 14.0. The highest BCUT2D eigenvalue weighted by Crippen LogP contribution is 2.17. The molecule has 3 rings (SSSR count). The Hall–Kier alpha value is -3.86. The van der Waals surface area contributed by atoms with Gasteiger partial charge >= 0.3 is 0 Å². The number of hydrogen-bond donors (Lipinski definition) is 5. The van der Waals surface area contributed by atoms with E-state index in [1.54, 1.807) is 6.20 Å². The third-order valence-corrected chi connectivity index (χ3v) is 5.94. The lowest BCUT2D eigenvalue weighted by atomic mass is 10.0. The first kappa shape index (κ1) is 27.7. The summed E-state index contributed by atoms with van der Waals surface area (Å²) in [6.45, 7) is 1.20. The highest BCUT2D eigenvalue weighted by molar-refractivity contribution is 5.99. The maximum absolute atomic E-state index is 13.2. The molecule has 0 bridgehead atoms. The summed E-state index contributed by atoms with van der Waals surface area (Å²) < 4.78 is 0. The van der Waals surface area contributed by atoms with Crippen LogP contribution < -0.4 is 27.8 Å². The minimum Gasteiger partial charge on any atom is -0.343 e. The van der Waals surface area contributed by atoms with Crippen molar-refractivity contribution in [1.82, 2.24) is 15.2 Å². The first-order valence-corrected chi connectivity index (χ1v) is 12.3. The third-order valence-electron chi connectivity index (χ3n) is 5.94. The molecular formula is C27H35N7O3. The summed E-state index contributed by atoms with van der Waals surface area (Å²) in [5.74, 6) is -1.29. The molecule has 196 valence electrons. The Morgan fingerprint density at radius 2 is 1.59 bits per heavy atom. The second-order valence-corrected chi connectivity index (χ2v) is 8.76. The van der Waals surface area contributed by atoms with Crippen LogP contribution in [0.15, 0.2) is 66.9 Å². The number of pyridine rings is 1. The number of nitrogens with one attached hydrogen (secondary N) is 2. The summed E-state index contributed by atoms with van der Waals surface area (Å²) in [4.78, 5) is 44.6. The normalized spacial score (nSPS) is 12.5. The molecule has 3 aromatic rings. The van der Waals surface area contributed by atoms with Gasteiger partial charge in [0.1, 0.15) is 6.04 Å². The summed E-state index contributed by atoms with van der Waals surface area (Å²) in [5.41, 5.74) is 19.5. The van der Waals surface area contributed by atoms with Crippen molar-refractivity contribution in [2.45, 2.75) is 31.3 Å². The van der Waals surface area contributed by atoms with Crippen molar-refractivity contribution in [3.8, 4) is 0 Å². The molecule has 0 saturated carbocycles. The number of hydrogen-bond acceptors (Lipinski definition) is 7. The van der Waals surface area contributed by atoms with Crippen molar-refractivity contribution < 1.29 is 14.4 Å². The topological polar surface area (TPSA) is 169 Å². The number of carbonyl (C=O) groups is 3. The van der Waals surface area contributed by atoms with Crippen molar-refractivity contribution in [3.05, 3.63) is 72.4 Å². The van der Waals surface area contributed by atoms with E-state index in [0.29, 0.717) is 31.6 Å². The minimum atomic E-state index is -1.13. The molecule has 0 aliphatic heterocycles. The Labute approximate surface area is 216 Å². The average molecular weight is 506 g/mol. The Bertz CT molecular complexity index is 1180. The maximum atomic E-state index is 13.2. The Morgan fingerprint density at radius 1 is 0.919 bits per heavy atom. The molecular weight excluding hydrogens is 470 g/mol. The second-order valence-electron chi connectivity index (χ2n) is 8.76. The molecule has 2 atom stereocenters. The number of amides is 3. The molecule has 10 nitrogen and oxygen atoms in total. The predicted octanol–water partition coefficient (Wildman–Crippen LogP) is 0.754. The standard InChI is InChI=1S/C27H35N7O3/c28-12-14-34(15-13-29)25(35)17-22(30)26(36)33-24(11-10-19-6-2-1-3-7-19)27(37)32-21-16-20-8-4-5-9-23(20)31-18-21/h1-9,16,18,22,24H,10-15,17,28-30H2,(H,32,37)(H,33,36)/t22-,24+/m0/s1. The number of para-hydroxylation sites is 1. The number of rotatable bonds is 13. The summed E-state index contributed by atoms with van der Waals surface area (Å²) in [7, 11) is 0. The van der Waals surface area contributed by atoms with E-state index in [0.717, 1.165) is 16.5 Å². The van der Waals surface area contributed by atoms with E-state index in [1.807, 2.05) is 60.7 Å². The predicted molar refractivity (Wildman–Crippen MR) is 144 cm³/mol. The zero-order valence-corrected chi connectivity index (χ0v) is 20.8. The molecule has 37 heavy (non-hydrogen) atoms. The van der Waals surface area contributed by atoms with Gasteiger partial charge in [-0.25, -0.2) is 0 Å². The summed E-state index contributed by atoms with van der Waals surface area (Å²) >= 11 is 0. The van der Waals surface area contributed by atoms with Crippen molar-refractivity contribution >= 4 is 34.3 Å². The maximum Gasteiger partial charge on any atom is 0.247 e. The third kappa shape index (κ3) is 8.35. The summed E-state index contributed by atoms with van der Waals surface area (Å²) in [6, 6.07) is 17.1. The SMILES string of the molecule is NCCN(CCN)C(=O)C[C@H](N)C(=O)N[C@H](CCc1ccccc1)C(=O)Nc1cnc2ccccc2c1. The van der Waals surface area contributed by atoms with E-state index >= 15 is 0 Å². The molecule has 0 unspecified atom stereocenters. The highest BCUT2D eigenvalue weighted by Gasteiger charge is 2.26. The summed E-state index contributed by atoms with van der Waals surface area (Å²) in [5, 5.41) is 6.46. The molecule has 0 aliphatic rings. The van der Waals surface area contributed by atoms with Crippen molar-refractivity contribution in [2.75, 3.05) is 31.5 Å². The highest BCUT2D eigenvalue weighted by atomic mass is 16.2. The van der Waals surface area contributed by atoms with Gasteiger partial charge in [0, 0.05) is 31.6 Å². The number of nitrogens with zero attached hydrogens (tertiary/aromatic N) is 2. The van der Waals surface area contributed by atoms with Crippen LogP contribution >= 0.6 is 0 Å². The van der Waals surface area contributed by atoms with Crippen molar-refractivity contribution in [2.24, 2.45) is 17.2 Å². The van der Waals surface area contributed by atoms with Crippen LogP contribution in [-0.2, 0) is 20.8 Å². The van der Waals surface area contributed by atoms with Crippen LogP contribution in [0, 0.1) is 0 Å². The van der Waals surface area contributed by atoms with Gasteiger partial charge in [-0.15, -0.1) is 0 Å². The number of carbonyl (C=O) groups excluding carboxylic acids is 3. The summed E-state index contributed by atoms with van der Waals surface area (Å²) in [6.07, 6.45) is 2.26. The number of nitrogens with two attached hydrogens (primary N) is 3. The minimum absolute atomic E-state index is 0.215. The fourth-order valence-electron chi connectivity index (χ4n) is 3.95. The molecule has 3 amide bonds. The van der Waals surface area contributed by atoms with Crippen LogP contribution in [-0.4, -0.2) is 65.9 Å². The lowest BCUT2D eigenvalue weighted by Crippen LogP contribution is -2.52. The first-order chi connectivity index (χ1) is 17.9. The van der Waals surface area contributed by atoms with Gasteiger partial charge in [0.2, 0.25) is 17.7 Å². The number of fused-ring (bicyclic) bond motifs is 1. The number of anilines is 1. The zero-order chi connectivity index (χ0) is 26.6. The van der Waals surface area contributed by atoms with Gasteiger partial charge in [-0.05, 0) is 30.5 Å². The van der Waals surface area contributed by atoms with Crippen LogP contribution in [0.4, 0.5) is 5.69 Å². The molecule has 0 aliphatic carbocycles. The molecule has 0 saturated heterocycles. The van der Waals surface area contributed by atoms with Crippen LogP contribution in [0.3, 0.4) is 0 Å². The van der Waals surface area contributed by atoms with E-state index in [4.69, 9.17) is 17.2 Å². The number of aromatic nitrogens is 1. The smallest absolute Gasteiger partial charge is 0.247 e. The van der Waals surface area contributed by atoms with E-state index in [1.165, 1.54) is 4.90 Å². The fraction of sp³-hybridized carbons (Fsp3) is 0.333. The van der Waals surface area contributed by atoms with Gasteiger partial charge in [-0.2, -0.15) is 0 Å². The van der Waals surface area contributed by atoms with E-state index in [2.05, 4.69) is 15.6 Å². The van der Waals surface area contributed by atoms with E-state index < -0.39 is 23.9 Å². The van der Waals surface area contributed by atoms with Gasteiger partial charge in [0.05, 0.1) is 29.9 Å². The number of aryl methyl sites for hydroxylation is 1. The zero-order valence-electron chi connectivity index (χ0n) is 20.8. The van der Waals surface area contributed by atoms with Gasteiger partial charge in [0.15, 0.2) is 0 Å². The van der Waals surface area contributed by atoms with Gasteiger partial charge in [0.25, 0.3) is 0 Å². The fourth-order valence-corrected chi connectivity index (χ4v) is 3.95. The number of benzene rings is 2. The molecule has 0 spiro atoms. The van der Waals surface area contributed by atoms with Crippen LogP contribution in [0.25, 0.3) is 10.9 Å². The Balaban J connectivity index is 1.69. The van der Waals surface area contributed by atoms with Crippen LogP contribution in [0.5, 0.6) is 0 Å². The van der Waals surface area contributed by atoms with Crippen LogP contribution in [0.1, 0.15) is 18.4 Å². The lowest BCUT2D eigenvalue weighted by Gasteiger charge is -2.24. The molecule has 10 heteroatoms. The van der Waals surface area contributed by atoms with E-state index in [9.17, 15) is 14.4 Å². The van der Waals surface area contributed by atoms with Crippen LogP contribution in [0.2, 0.25) is 0 Å². The van der Waals surface area contributed by atoms with Crippen molar-refractivity contribution in [1.29, 1.82) is 0 Å². The molecule has 0 radical (unpaired) electrons. The molecule has 0 fully saturated rings. The molecule has 8 N–H and O–H groups in total. The molecule has 2 aromatic carbocycles.